The molecule has 9 heteroatoms. The van der Waals surface area contributed by atoms with E-state index in [-0.39, 0.29) is 17.3 Å². The normalized spacial score (nSPS) is 10.5. The Labute approximate surface area is 122 Å². The minimum absolute atomic E-state index is 0.193. The first-order chi connectivity index (χ1) is 9.52. The third-order valence-corrected chi connectivity index (χ3v) is 4.44. The van der Waals surface area contributed by atoms with E-state index in [1.807, 2.05) is 6.92 Å². The minimum Gasteiger partial charge on any atom is -0.477 e. The first-order valence-electron chi connectivity index (χ1n) is 5.82. The maximum atomic E-state index is 12.0. The van der Waals surface area contributed by atoms with Crippen LogP contribution in [0.15, 0.2) is 0 Å². The van der Waals surface area contributed by atoms with Crippen molar-refractivity contribution in [1.29, 1.82) is 0 Å². The van der Waals surface area contributed by atoms with E-state index in [9.17, 15) is 9.59 Å². The quantitative estimate of drug-likeness (QED) is 0.866. The molecule has 0 fully saturated rings. The van der Waals surface area contributed by atoms with Gasteiger partial charge in [0, 0.05) is 0 Å². The lowest BCUT2D eigenvalue weighted by Crippen LogP contribution is -2.22. The zero-order chi connectivity index (χ0) is 14.7. The van der Waals surface area contributed by atoms with Gasteiger partial charge in [-0.2, -0.15) is 0 Å². The Morgan fingerprint density at radius 1 is 1.35 bits per heavy atom. The Bertz CT molecular complexity index is 650. The average Bonchev–Trinajstić information content (AvgIpc) is 3.01. The van der Waals surface area contributed by atoms with Crippen LogP contribution in [0.25, 0.3) is 0 Å². The number of nitrogens with zero attached hydrogens (tertiary/aromatic N) is 3. The summed E-state index contributed by atoms with van der Waals surface area (Å²) in [5.74, 6) is -1.26. The van der Waals surface area contributed by atoms with Crippen molar-refractivity contribution < 1.29 is 14.7 Å². The second-order valence-corrected chi connectivity index (χ2v) is 5.75. The fourth-order valence-corrected chi connectivity index (χ4v) is 3.08. The van der Waals surface area contributed by atoms with E-state index in [1.165, 1.54) is 0 Å². The summed E-state index contributed by atoms with van der Waals surface area (Å²) in [6.07, 6.45) is 0.638. The summed E-state index contributed by atoms with van der Waals surface area (Å²) in [6.45, 7) is 3.73. The summed E-state index contributed by atoms with van der Waals surface area (Å²) in [5, 5.41) is 16.1. The molecule has 0 aliphatic rings. The first-order valence-corrected chi connectivity index (χ1v) is 7.41. The average molecular weight is 312 g/mol. The molecule has 106 valence electrons. The Kier molecular flexibility index (Phi) is 4.40. The van der Waals surface area contributed by atoms with Gasteiger partial charge in [0.2, 0.25) is 0 Å². The Morgan fingerprint density at radius 2 is 2.10 bits per heavy atom. The molecule has 0 atom stereocenters. The standard InChI is InChI=1S/C11H12N4O3S2/c1-3-6-9(20-15-14-6)10(16)12-4-7-13-5(2)8(19-7)11(17)18/h3-4H2,1-2H3,(H,12,16)(H,17,18). The van der Waals surface area contributed by atoms with E-state index in [0.29, 0.717) is 27.7 Å². The molecule has 0 unspecified atom stereocenters. The predicted molar refractivity (Wildman–Crippen MR) is 74.3 cm³/mol. The van der Waals surface area contributed by atoms with Crippen LogP contribution in [-0.4, -0.2) is 31.6 Å². The lowest BCUT2D eigenvalue weighted by molar-refractivity contribution is 0.0701. The van der Waals surface area contributed by atoms with Crippen molar-refractivity contribution in [3.05, 3.63) is 26.1 Å². The summed E-state index contributed by atoms with van der Waals surface area (Å²) in [6, 6.07) is 0. The fraction of sp³-hybridized carbons (Fsp3) is 0.364. The van der Waals surface area contributed by atoms with Crippen LogP contribution in [0.5, 0.6) is 0 Å². The van der Waals surface area contributed by atoms with E-state index >= 15 is 0 Å². The Morgan fingerprint density at radius 3 is 2.70 bits per heavy atom. The van der Waals surface area contributed by atoms with Gasteiger partial charge in [-0.3, -0.25) is 4.79 Å². The smallest absolute Gasteiger partial charge is 0.347 e. The number of aromatic carboxylic acids is 1. The SMILES string of the molecule is CCc1nnsc1C(=O)NCc1nc(C)c(C(=O)O)s1. The Hall–Kier alpha value is -1.87. The molecular weight excluding hydrogens is 300 g/mol. The van der Waals surface area contributed by atoms with Gasteiger partial charge in [-0.15, -0.1) is 16.4 Å². The highest BCUT2D eigenvalue weighted by atomic mass is 32.1. The molecule has 0 spiro atoms. The summed E-state index contributed by atoms with van der Waals surface area (Å²) in [5.41, 5.74) is 1.12. The molecule has 2 rings (SSSR count). The van der Waals surface area contributed by atoms with Gasteiger partial charge in [-0.25, -0.2) is 9.78 Å². The predicted octanol–water partition coefficient (Wildman–Crippen LogP) is 1.49. The summed E-state index contributed by atoms with van der Waals surface area (Å²) >= 11 is 2.11. The number of carboxylic acids is 1. The highest BCUT2D eigenvalue weighted by Crippen LogP contribution is 2.18. The lowest BCUT2D eigenvalue weighted by atomic mass is 10.3. The topological polar surface area (TPSA) is 105 Å². The van der Waals surface area contributed by atoms with Gasteiger partial charge in [-0.1, -0.05) is 11.4 Å². The van der Waals surface area contributed by atoms with Crippen molar-refractivity contribution >= 4 is 34.7 Å². The van der Waals surface area contributed by atoms with Crippen molar-refractivity contribution in [3.63, 3.8) is 0 Å². The van der Waals surface area contributed by atoms with Crippen LogP contribution in [0.1, 0.15) is 42.7 Å². The van der Waals surface area contributed by atoms with Crippen LogP contribution < -0.4 is 5.32 Å². The molecule has 0 aliphatic heterocycles. The van der Waals surface area contributed by atoms with Crippen LogP contribution in [0.3, 0.4) is 0 Å². The molecular formula is C11H12N4O3S2. The van der Waals surface area contributed by atoms with Crippen molar-refractivity contribution in [2.75, 3.05) is 0 Å². The number of rotatable bonds is 5. The molecule has 2 aromatic heterocycles. The van der Waals surface area contributed by atoms with E-state index < -0.39 is 5.97 Å². The third-order valence-electron chi connectivity index (χ3n) is 2.53. The van der Waals surface area contributed by atoms with Crippen molar-refractivity contribution in [1.82, 2.24) is 19.9 Å². The van der Waals surface area contributed by atoms with Gasteiger partial charge < -0.3 is 10.4 Å². The lowest BCUT2D eigenvalue weighted by Gasteiger charge is -2.01. The van der Waals surface area contributed by atoms with Crippen molar-refractivity contribution in [2.45, 2.75) is 26.8 Å². The molecule has 0 saturated carbocycles. The fourth-order valence-electron chi connectivity index (χ4n) is 1.57. The third kappa shape index (κ3) is 2.99. The van der Waals surface area contributed by atoms with E-state index in [2.05, 4.69) is 19.9 Å². The first kappa shape index (κ1) is 14.5. The number of hydrogen-bond acceptors (Lipinski definition) is 7. The number of carbonyl (C=O) groups excluding carboxylic acids is 1. The van der Waals surface area contributed by atoms with Gasteiger partial charge in [-0.05, 0) is 24.9 Å². The van der Waals surface area contributed by atoms with Gasteiger partial charge >= 0.3 is 5.97 Å². The highest BCUT2D eigenvalue weighted by Gasteiger charge is 2.17. The van der Waals surface area contributed by atoms with Gasteiger partial charge in [0.15, 0.2) is 0 Å². The van der Waals surface area contributed by atoms with Crippen LogP contribution >= 0.6 is 22.9 Å². The summed E-state index contributed by atoms with van der Waals surface area (Å²) in [4.78, 5) is 27.7. The van der Waals surface area contributed by atoms with Gasteiger partial charge in [0.05, 0.1) is 17.9 Å². The monoisotopic (exact) mass is 312 g/mol. The summed E-state index contributed by atoms with van der Waals surface area (Å²) in [7, 11) is 0. The number of carbonyl (C=O) groups is 2. The number of carboxylic acid groups (broad SMARTS) is 1. The molecule has 2 N–H and O–H groups in total. The van der Waals surface area contributed by atoms with Crippen LogP contribution in [0.2, 0.25) is 0 Å². The molecule has 2 heterocycles. The molecule has 0 aromatic carbocycles. The zero-order valence-corrected chi connectivity index (χ0v) is 12.5. The van der Waals surface area contributed by atoms with Crippen molar-refractivity contribution in [2.24, 2.45) is 0 Å². The van der Waals surface area contributed by atoms with Crippen LogP contribution in [-0.2, 0) is 13.0 Å². The molecule has 0 bridgehead atoms. The molecule has 0 aliphatic carbocycles. The number of amides is 1. The Balaban J connectivity index is 2.04. The number of hydrogen-bond donors (Lipinski definition) is 2. The van der Waals surface area contributed by atoms with E-state index in [4.69, 9.17) is 5.11 Å². The van der Waals surface area contributed by atoms with E-state index in [1.54, 1.807) is 6.92 Å². The maximum absolute atomic E-state index is 12.0. The molecule has 20 heavy (non-hydrogen) atoms. The molecule has 7 nitrogen and oxygen atoms in total. The van der Waals surface area contributed by atoms with Crippen LogP contribution in [0.4, 0.5) is 0 Å². The highest BCUT2D eigenvalue weighted by molar-refractivity contribution is 7.13. The maximum Gasteiger partial charge on any atom is 0.347 e. The van der Waals surface area contributed by atoms with Crippen LogP contribution in [0, 0.1) is 6.92 Å². The second kappa shape index (κ2) is 6.06. The molecule has 1 amide bonds. The number of thiazole rings is 1. The van der Waals surface area contributed by atoms with Gasteiger partial charge in [0.1, 0.15) is 14.8 Å². The zero-order valence-electron chi connectivity index (χ0n) is 10.8. The number of nitrogens with one attached hydrogen (secondary N) is 1. The largest absolute Gasteiger partial charge is 0.477 e. The minimum atomic E-state index is -1.00. The number of aryl methyl sites for hydroxylation is 2. The van der Waals surface area contributed by atoms with Gasteiger partial charge in [0.25, 0.3) is 5.91 Å². The second-order valence-electron chi connectivity index (χ2n) is 3.91. The number of aromatic nitrogens is 3. The summed E-state index contributed by atoms with van der Waals surface area (Å²) < 4.78 is 3.75. The van der Waals surface area contributed by atoms with E-state index in [0.717, 1.165) is 22.9 Å². The molecule has 0 saturated heterocycles. The molecule has 0 radical (unpaired) electrons. The molecule has 2 aromatic rings. The van der Waals surface area contributed by atoms with Crippen molar-refractivity contribution in [3.8, 4) is 0 Å².